The fraction of sp³-hybridized carbons (Fsp3) is 0.333. The van der Waals surface area contributed by atoms with E-state index in [-0.39, 0.29) is 18.1 Å². The summed E-state index contributed by atoms with van der Waals surface area (Å²) in [6.07, 6.45) is 0.0743. The number of rotatable bonds is 8. The third-order valence-electron chi connectivity index (χ3n) is 3.86. The van der Waals surface area contributed by atoms with E-state index in [2.05, 4.69) is 5.32 Å². The molecule has 2 rings (SSSR count). The van der Waals surface area contributed by atoms with Crippen molar-refractivity contribution in [3.05, 3.63) is 59.7 Å². The van der Waals surface area contributed by atoms with Crippen molar-refractivity contribution in [3.8, 4) is 5.75 Å². The largest absolute Gasteiger partial charge is 0.491 e. The van der Waals surface area contributed by atoms with Gasteiger partial charge < -0.3 is 15.2 Å². The Morgan fingerprint density at radius 2 is 1.74 bits per heavy atom. The normalized spacial score (nSPS) is 13.1. The van der Waals surface area contributed by atoms with Gasteiger partial charge in [-0.15, -0.1) is 11.8 Å². The van der Waals surface area contributed by atoms with Crippen molar-refractivity contribution in [3.63, 3.8) is 0 Å². The fourth-order valence-corrected chi connectivity index (χ4v) is 3.41. The smallest absolute Gasteiger partial charge is 0.316 e. The molecule has 0 bridgehead atoms. The van der Waals surface area contributed by atoms with Crippen molar-refractivity contribution in [1.82, 2.24) is 5.32 Å². The molecule has 0 radical (unpaired) electrons. The number of amides is 1. The third kappa shape index (κ3) is 6.03. The number of aliphatic carboxylic acids is 1. The minimum absolute atomic E-state index is 0.0743. The molecule has 27 heavy (non-hydrogen) atoms. The van der Waals surface area contributed by atoms with E-state index >= 15 is 0 Å². The van der Waals surface area contributed by atoms with Gasteiger partial charge in [-0.2, -0.15) is 0 Å². The molecule has 0 saturated carbocycles. The minimum atomic E-state index is -0.912. The highest BCUT2D eigenvalue weighted by Crippen LogP contribution is 2.28. The van der Waals surface area contributed by atoms with Gasteiger partial charge in [0.2, 0.25) is 0 Å². The summed E-state index contributed by atoms with van der Waals surface area (Å²) in [4.78, 5) is 24.5. The molecule has 2 N–H and O–H groups in total. The molecular weight excluding hydrogens is 362 g/mol. The lowest BCUT2D eigenvalue weighted by molar-refractivity contribution is -0.136. The molecule has 2 atom stereocenters. The molecule has 5 nitrogen and oxygen atoms in total. The first-order valence-corrected chi connectivity index (χ1v) is 9.72. The highest BCUT2D eigenvalue weighted by Gasteiger charge is 2.19. The van der Waals surface area contributed by atoms with E-state index < -0.39 is 11.2 Å². The molecule has 2 unspecified atom stereocenters. The number of thioether (sulfide) groups is 1. The first-order valence-electron chi connectivity index (χ1n) is 8.84. The summed E-state index contributed by atoms with van der Waals surface area (Å²) in [7, 11) is 0. The number of nitrogens with one attached hydrogen (secondary N) is 1. The van der Waals surface area contributed by atoms with Gasteiger partial charge in [0, 0.05) is 4.90 Å². The van der Waals surface area contributed by atoms with Crippen LogP contribution in [0.1, 0.15) is 49.7 Å². The predicted octanol–water partition coefficient (Wildman–Crippen LogP) is 4.53. The monoisotopic (exact) mass is 387 g/mol. The molecular formula is C21H25NO4S. The Balaban J connectivity index is 2.14. The molecule has 0 aliphatic rings. The van der Waals surface area contributed by atoms with Crippen LogP contribution < -0.4 is 10.1 Å². The Morgan fingerprint density at radius 3 is 2.41 bits per heavy atom. The third-order valence-corrected chi connectivity index (χ3v) is 5.03. The number of carbonyl (C=O) groups is 2. The lowest BCUT2D eigenvalue weighted by Crippen LogP contribution is -2.27. The summed E-state index contributed by atoms with van der Waals surface area (Å²) in [5.74, 6) is -0.390. The number of ether oxygens (including phenoxy) is 1. The van der Waals surface area contributed by atoms with Crippen molar-refractivity contribution < 1.29 is 19.4 Å². The van der Waals surface area contributed by atoms with Crippen LogP contribution in [0.5, 0.6) is 5.75 Å². The average Bonchev–Trinajstić information content (AvgIpc) is 2.61. The molecule has 144 valence electrons. The molecule has 1 amide bonds. The summed E-state index contributed by atoms with van der Waals surface area (Å²) in [5.41, 5.74) is 1.41. The zero-order valence-electron chi connectivity index (χ0n) is 15.9. The molecule has 0 aliphatic heterocycles. The van der Waals surface area contributed by atoms with Crippen LogP contribution in [-0.2, 0) is 4.79 Å². The second-order valence-corrected chi connectivity index (χ2v) is 7.91. The summed E-state index contributed by atoms with van der Waals surface area (Å²) >= 11 is 1.16. The minimum Gasteiger partial charge on any atom is -0.491 e. The average molecular weight is 388 g/mol. The topological polar surface area (TPSA) is 75.6 Å². The summed E-state index contributed by atoms with van der Waals surface area (Å²) < 4.78 is 5.71. The standard InChI is InChI=1S/C21H25NO4S/c1-13(2)26-17-9-7-8-16(12-17)14(3)22-20(23)18-10-5-6-11-19(18)27-15(4)21(24)25/h5-15H,1-4H3,(H,22,23)(H,24,25). The molecule has 0 saturated heterocycles. The predicted molar refractivity (Wildman–Crippen MR) is 107 cm³/mol. The quantitative estimate of drug-likeness (QED) is 0.651. The Kier molecular flexibility index (Phi) is 7.30. The Bertz CT molecular complexity index is 806. The van der Waals surface area contributed by atoms with E-state index in [4.69, 9.17) is 9.84 Å². The van der Waals surface area contributed by atoms with E-state index in [9.17, 15) is 9.59 Å². The maximum Gasteiger partial charge on any atom is 0.316 e. The summed E-state index contributed by atoms with van der Waals surface area (Å²) in [6, 6.07) is 14.5. The number of carboxylic acids is 1. The molecule has 0 heterocycles. The van der Waals surface area contributed by atoms with Gasteiger partial charge in [0.15, 0.2) is 0 Å². The van der Waals surface area contributed by atoms with E-state index in [1.807, 2.05) is 45.0 Å². The molecule has 0 aliphatic carbocycles. The van der Waals surface area contributed by atoms with Crippen LogP contribution in [-0.4, -0.2) is 28.3 Å². The lowest BCUT2D eigenvalue weighted by Gasteiger charge is -2.18. The number of hydrogen-bond acceptors (Lipinski definition) is 4. The molecule has 2 aromatic carbocycles. The Labute approximate surface area is 164 Å². The highest BCUT2D eigenvalue weighted by atomic mass is 32.2. The van der Waals surface area contributed by atoms with Gasteiger partial charge in [-0.25, -0.2) is 0 Å². The van der Waals surface area contributed by atoms with Crippen LogP contribution in [0.3, 0.4) is 0 Å². The van der Waals surface area contributed by atoms with E-state index in [1.165, 1.54) is 0 Å². The maximum atomic E-state index is 12.8. The Hall–Kier alpha value is -2.47. The SMILES string of the molecule is CC(C)Oc1cccc(C(C)NC(=O)c2ccccc2SC(C)C(=O)O)c1. The Morgan fingerprint density at radius 1 is 1.04 bits per heavy atom. The maximum absolute atomic E-state index is 12.8. The van der Waals surface area contributed by atoms with Crippen LogP contribution in [0.2, 0.25) is 0 Å². The van der Waals surface area contributed by atoms with Crippen LogP contribution in [0.15, 0.2) is 53.4 Å². The lowest BCUT2D eigenvalue weighted by atomic mass is 10.1. The van der Waals surface area contributed by atoms with Crippen molar-refractivity contribution in [1.29, 1.82) is 0 Å². The zero-order chi connectivity index (χ0) is 20.0. The van der Waals surface area contributed by atoms with Crippen molar-refractivity contribution in [2.45, 2.75) is 50.0 Å². The van der Waals surface area contributed by atoms with Gasteiger partial charge in [-0.1, -0.05) is 24.3 Å². The van der Waals surface area contributed by atoms with Crippen molar-refractivity contribution >= 4 is 23.6 Å². The highest BCUT2D eigenvalue weighted by molar-refractivity contribution is 8.00. The molecule has 0 aromatic heterocycles. The molecule has 6 heteroatoms. The van der Waals surface area contributed by atoms with Gasteiger partial charge in [-0.3, -0.25) is 9.59 Å². The number of carbonyl (C=O) groups excluding carboxylic acids is 1. The van der Waals surface area contributed by atoms with E-state index in [1.54, 1.807) is 31.2 Å². The second-order valence-electron chi connectivity index (χ2n) is 6.53. The van der Waals surface area contributed by atoms with Crippen LogP contribution in [0.4, 0.5) is 0 Å². The first-order chi connectivity index (χ1) is 12.8. The zero-order valence-corrected chi connectivity index (χ0v) is 16.7. The molecule has 0 fully saturated rings. The van der Waals surface area contributed by atoms with Gasteiger partial charge >= 0.3 is 5.97 Å². The van der Waals surface area contributed by atoms with Crippen LogP contribution in [0, 0.1) is 0 Å². The van der Waals surface area contributed by atoms with E-state index in [0.29, 0.717) is 10.5 Å². The van der Waals surface area contributed by atoms with Gasteiger partial charge in [0.25, 0.3) is 5.91 Å². The summed E-state index contributed by atoms with van der Waals surface area (Å²) in [6.45, 7) is 7.43. The van der Waals surface area contributed by atoms with Crippen LogP contribution >= 0.6 is 11.8 Å². The second kappa shape index (κ2) is 9.46. The number of benzene rings is 2. The van der Waals surface area contributed by atoms with Crippen molar-refractivity contribution in [2.75, 3.05) is 0 Å². The van der Waals surface area contributed by atoms with E-state index in [0.717, 1.165) is 23.1 Å². The van der Waals surface area contributed by atoms with Crippen LogP contribution in [0.25, 0.3) is 0 Å². The first kappa shape index (κ1) is 20.8. The number of hydrogen-bond donors (Lipinski definition) is 2. The molecule has 0 spiro atoms. The van der Waals surface area contributed by atoms with Gasteiger partial charge in [0.05, 0.1) is 17.7 Å². The van der Waals surface area contributed by atoms with Crippen molar-refractivity contribution in [2.24, 2.45) is 0 Å². The van der Waals surface area contributed by atoms with Gasteiger partial charge in [0.1, 0.15) is 11.0 Å². The number of carboxylic acid groups (broad SMARTS) is 1. The van der Waals surface area contributed by atoms with Gasteiger partial charge in [-0.05, 0) is 57.5 Å². The summed E-state index contributed by atoms with van der Waals surface area (Å²) in [5, 5.41) is 11.5. The fourth-order valence-electron chi connectivity index (χ4n) is 2.48. The molecule has 2 aromatic rings.